The number of methoxy groups -OCH3 is 1. The molecule has 1 heterocycles. The Labute approximate surface area is 182 Å². The standard InChI is InChI=1S/C22H28N2O6S/c1-14(2)22(16-6-8-20-21(12-16)30-11-5-10-29-20)24-31(26,27)17-7-9-19(28-4)18(13-17)23-15(3)25/h6-9,12-14,22,24H,5,10-11H2,1-4H3,(H,23,25)/t22-/m0/s1. The van der Waals surface area contributed by atoms with Crippen LogP contribution in [0, 0.1) is 5.92 Å². The SMILES string of the molecule is COc1ccc(S(=O)(=O)N[C@H](c2ccc3c(c2)OCCCO3)C(C)C)cc1NC(C)=O. The van der Waals surface area contributed by atoms with Crippen LogP contribution in [-0.4, -0.2) is 34.6 Å². The predicted molar refractivity (Wildman–Crippen MR) is 117 cm³/mol. The first-order chi connectivity index (χ1) is 14.7. The zero-order valence-corrected chi connectivity index (χ0v) is 18.9. The molecule has 1 amide bonds. The Morgan fingerprint density at radius 3 is 2.42 bits per heavy atom. The van der Waals surface area contributed by atoms with Gasteiger partial charge >= 0.3 is 0 Å². The Hall–Kier alpha value is -2.78. The Bertz CT molecular complexity index is 1050. The summed E-state index contributed by atoms with van der Waals surface area (Å²) in [6, 6.07) is 9.32. The van der Waals surface area contributed by atoms with Crippen LogP contribution in [0.2, 0.25) is 0 Å². The van der Waals surface area contributed by atoms with Crippen LogP contribution in [0.1, 0.15) is 38.8 Å². The number of carbonyl (C=O) groups excluding carboxylic acids is 1. The second kappa shape index (κ2) is 9.57. The number of anilines is 1. The minimum absolute atomic E-state index is 0.0250. The third kappa shape index (κ3) is 5.48. The zero-order chi connectivity index (χ0) is 22.6. The number of amides is 1. The van der Waals surface area contributed by atoms with Gasteiger partial charge in [-0.1, -0.05) is 19.9 Å². The van der Waals surface area contributed by atoms with Crippen molar-refractivity contribution in [1.82, 2.24) is 4.72 Å². The number of carbonyl (C=O) groups is 1. The van der Waals surface area contributed by atoms with E-state index < -0.39 is 16.1 Å². The van der Waals surface area contributed by atoms with E-state index in [4.69, 9.17) is 14.2 Å². The van der Waals surface area contributed by atoms with Gasteiger partial charge in [0.2, 0.25) is 15.9 Å². The number of hydrogen-bond donors (Lipinski definition) is 2. The van der Waals surface area contributed by atoms with Gasteiger partial charge in [-0.2, -0.15) is 0 Å². The first-order valence-electron chi connectivity index (χ1n) is 10.1. The average Bonchev–Trinajstić information content (AvgIpc) is 2.96. The molecule has 0 aromatic heterocycles. The number of ether oxygens (including phenoxy) is 3. The van der Waals surface area contributed by atoms with Crippen LogP contribution in [-0.2, 0) is 14.8 Å². The predicted octanol–water partition coefficient (Wildman–Crippen LogP) is 3.49. The van der Waals surface area contributed by atoms with Crippen molar-refractivity contribution in [2.24, 2.45) is 5.92 Å². The largest absolute Gasteiger partial charge is 0.495 e. The number of sulfonamides is 1. The molecule has 0 aliphatic carbocycles. The van der Waals surface area contributed by atoms with Gasteiger partial charge < -0.3 is 19.5 Å². The molecular weight excluding hydrogens is 420 g/mol. The summed E-state index contributed by atoms with van der Waals surface area (Å²) in [5.41, 5.74) is 1.06. The molecular formula is C22H28N2O6S. The summed E-state index contributed by atoms with van der Waals surface area (Å²) in [7, 11) is -2.44. The van der Waals surface area contributed by atoms with Gasteiger partial charge in [0.25, 0.3) is 0 Å². The molecule has 31 heavy (non-hydrogen) atoms. The minimum Gasteiger partial charge on any atom is -0.495 e. The van der Waals surface area contributed by atoms with Crippen molar-refractivity contribution in [3.05, 3.63) is 42.0 Å². The van der Waals surface area contributed by atoms with Crippen LogP contribution >= 0.6 is 0 Å². The molecule has 2 aromatic carbocycles. The number of nitrogens with one attached hydrogen (secondary N) is 2. The Kier molecular flexibility index (Phi) is 7.07. The molecule has 1 aliphatic rings. The highest BCUT2D eigenvalue weighted by atomic mass is 32.2. The molecule has 0 saturated carbocycles. The third-order valence-corrected chi connectivity index (χ3v) is 6.31. The van der Waals surface area contributed by atoms with Crippen LogP contribution in [0.25, 0.3) is 0 Å². The topological polar surface area (TPSA) is 103 Å². The Morgan fingerprint density at radius 2 is 1.77 bits per heavy atom. The first-order valence-corrected chi connectivity index (χ1v) is 11.6. The van der Waals surface area contributed by atoms with E-state index in [1.165, 1.54) is 32.2 Å². The minimum atomic E-state index is -3.89. The van der Waals surface area contributed by atoms with Gasteiger partial charge in [0.1, 0.15) is 5.75 Å². The lowest BCUT2D eigenvalue weighted by molar-refractivity contribution is -0.114. The molecule has 2 aromatic rings. The summed E-state index contributed by atoms with van der Waals surface area (Å²) in [5.74, 6) is 1.28. The fourth-order valence-corrected chi connectivity index (χ4v) is 4.74. The van der Waals surface area contributed by atoms with E-state index >= 15 is 0 Å². The van der Waals surface area contributed by atoms with Crippen LogP contribution in [0.15, 0.2) is 41.3 Å². The summed E-state index contributed by atoms with van der Waals surface area (Å²) < 4.78 is 45.8. The van der Waals surface area contributed by atoms with E-state index in [2.05, 4.69) is 10.0 Å². The molecule has 3 rings (SSSR count). The van der Waals surface area contributed by atoms with E-state index in [0.29, 0.717) is 30.5 Å². The fourth-order valence-electron chi connectivity index (χ4n) is 3.34. The molecule has 0 fully saturated rings. The van der Waals surface area contributed by atoms with Crippen molar-refractivity contribution in [2.75, 3.05) is 25.6 Å². The third-order valence-electron chi connectivity index (χ3n) is 4.87. The molecule has 0 saturated heterocycles. The molecule has 0 bridgehead atoms. The summed E-state index contributed by atoms with van der Waals surface area (Å²) in [6.45, 7) is 6.35. The molecule has 2 N–H and O–H groups in total. The fraction of sp³-hybridized carbons (Fsp3) is 0.409. The van der Waals surface area contributed by atoms with Gasteiger partial charge in [-0.25, -0.2) is 13.1 Å². The van der Waals surface area contributed by atoms with Gasteiger partial charge in [0.05, 0.1) is 30.9 Å². The quantitative estimate of drug-likeness (QED) is 0.672. The maximum atomic E-state index is 13.2. The lowest BCUT2D eigenvalue weighted by atomic mass is 9.97. The van der Waals surface area contributed by atoms with Crippen LogP contribution < -0.4 is 24.2 Å². The van der Waals surface area contributed by atoms with E-state index in [-0.39, 0.29) is 22.4 Å². The van der Waals surface area contributed by atoms with E-state index in [0.717, 1.165) is 12.0 Å². The van der Waals surface area contributed by atoms with Crippen molar-refractivity contribution < 1.29 is 27.4 Å². The second-order valence-corrected chi connectivity index (χ2v) is 9.36. The Morgan fingerprint density at radius 1 is 1.06 bits per heavy atom. The van der Waals surface area contributed by atoms with Gasteiger partial charge in [-0.05, 0) is 41.8 Å². The maximum Gasteiger partial charge on any atom is 0.241 e. The van der Waals surface area contributed by atoms with Crippen molar-refractivity contribution in [3.8, 4) is 17.2 Å². The monoisotopic (exact) mass is 448 g/mol. The van der Waals surface area contributed by atoms with Gasteiger partial charge in [0, 0.05) is 19.4 Å². The van der Waals surface area contributed by atoms with E-state index in [1.807, 2.05) is 32.0 Å². The normalized spacial score (nSPS) is 14.6. The molecule has 8 nitrogen and oxygen atoms in total. The van der Waals surface area contributed by atoms with E-state index in [1.54, 1.807) is 0 Å². The van der Waals surface area contributed by atoms with Crippen LogP contribution in [0.3, 0.4) is 0 Å². The second-order valence-electron chi connectivity index (χ2n) is 7.64. The summed E-state index contributed by atoms with van der Waals surface area (Å²) in [4.78, 5) is 11.5. The molecule has 1 atom stereocenters. The molecule has 168 valence electrons. The van der Waals surface area contributed by atoms with E-state index in [9.17, 15) is 13.2 Å². The highest BCUT2D eigenvalue weighted by Gasteiger charge is 2.26. The smallest absolute Gasteiger partial charge is 0.241 e. The number of rotatable bonds is 7. The molecule has 0 radical (unpaired) electrons. The summed E-state index contributed by atoms with van der Waals surface area (Å²) in [5, 5.41) is 2.60. The van der Waals surface area contributed by atoms with Gasteiger partial charge in [-0.3, -0.25) is 4.79 Å². The van der Waals surface area contributed by atoms with Crippen molar-refractivity contribution in [2.45, 2.75) is 38.1 Å². The van der Waals surface area contributed by atoms with Gasteiger partial charge in [-0.15, -0.1) is 0 Å². The highest BCUT2D eigenvalue weighted by Crippen LogP contribution is 2.35. The van der Waals surface area contributed by atoms with Crippen molar-refractivity contribution >= 4 is 21.6 Å². The molecule has 0 unspecified atom stereocenters. The average molecular weight is 449 g/mol. The first kappa shape index (κ1) is 22.9. The molecule has 1 aliphatic heterocycles. The lowest BCUT2D eigenvalue weighted by Crippen LogP contribution is -2.32. The Balaban J connectivity index is 1.92. The summed E-state index contributed by atoms with van der Waals surface area (Å²) in [6.07, 6.45) is 0.790. The van der Waals surface area contributed by atoms with Crippen LogP contribution in [0.5, 0.6) is 17.2 Å². The maximum absolute atomic E-state index is 13.2. The number of hydrogen-bond acceptors (Lipinski definition) is 6. The van der Waals surface area contributed by atoms with Crippen molar-refractivity contribution in [1.29, 1.82) is 0 Å². The number of fused-ring (bicyclic) bond motifs is 1. The zero-order valence-electron chi connectivity index (χ0n) is 18.1. The van der Waals surface area contributed by atoms with Crippen LogP contribution in [0.4, 0.5) is 5.69 Å². The summed E-state index contributed by atoms with van der Waals surface area (Å²) >= 11 is 0. The molecule has 0 spiro atoms. The van der Waals surface area contributed by atoms with Crippen molar-refractivity contribution in [3.63, 3.8) is 0 Å². The van der Waals surface area contributed by atoms with Gasteiger partial charge in [0.15, 0.2) is 11.5 Å². The number of benzene rings is 2. The molecule has 9 heteroatoms. The lowest BCUT2D eigenvalue weighted by Gasteiger charge is -2.24. The highest BCUT2D eigenvalue weighted by molar-refractivity contribution is 7.89.